The predicted molar refractivity (Wildman–Crippen MR) is 30.5 cm³/mol. The summed E-state index contributed by atoms with van der Waals surface area (Å²) in [5, 5.41) is 0. The van der Waals surface area contributed by atoms with Crippen LogP contribution >= 0.6 is 0 Å². The second kappa shape index (κ2) is 3.10. The van der Waals surface area contributed by atoms with Gasteiger partial charge in [0.1, 0.15) is 0 Å². The molecule has 1 aliphatic heterocycles. The predicted octanol–water partition coefficient (Wildman–Crippen LogP) is 0.232. The maximum Gasteiger partial charge on any atom is 0.331 e. The molecule has 0 aliphatic carbocycles. The van der Waals surface area contributed by atoms with E-state index >= 15 is 0 Å². The molecule has 0 N–H and O–H groups in total. The average molecular weight is 169 g/mol. The quantitative estimate of drug-likeness (QED) is 0.474. The second-order valence-electron chi connectivity index (χ2n) is 1.12. The van der Waals surface area contributed by atoms with Crippen molar-refractivity contribution < 1.29 is 4.46 Å². The van der Waals surface area contributed by atoms with Crippen LogP contribution in [0.1, 0.15) is 0 Å². The first-order valence-electron chi connectivity index (χ1n) is 1.78. The molecule has 4 radical (unpaired) electrons. The van der Waals surface area contributed by atoms with Crippen molar-refractivity contribution in [1.29, 1.82) is 0 Å². The fourth-order valence-electron chi connectivity index (χ4n) is 0.356. The summed E-state index contributed by atoms with van der Waals surface area (Å²) in [6.45, 7) is 0. The number of allylic oxidation sites excluding steroid dienone is 2. The zero-order valence-corrected chi connectivity index (χ0v) is 6.82. The van der Waals surface area contributed by atoms with Crippen LogP contribution in [0.2, 0.25) is 0 Å². The van der Waals surface area contributed by atoms with Crippen molar-refractivity contribution in [1.82, 2.24) is 0 Å². The molecule has 0 atom stereocenters. The van der Waals surface area contributed by atoms with Gasteiger partial charge in [0.25, 0.3) is 0 Å². The van der Waals surface area contributed by atoms with Crippen LogP contribution in [-0.2, 0) is 4.46 Å². The monoisotopic (exact) mass is 170 g/mol. The molecule has 7 heavy (non-hydrogen) atoms. The van der Waals surface area contributed by atoms with Gasteiger partial charge < -0.3 is 4.46 Å². The molecule has 0 saturated carbocycles. The van der Waals surface area contributed by atoms with Gasteiger partial charge >= 0.3 is 8.68 Å². The fourth-order valence-corrected chi connectivity index (χ4v) is 1.07. The molecule has 0 spiro atoms. The van der Waals surface area contributed by atoms with Crippen LogP contribution in [0, 0.1) is 0 Å². The van der Waals surface area contributed by atoms with Crippen molar-refractivity contribution in [2.75, 3.05) is 0 Å². The van der Waals surface area contributed by atoms with Crippen molar-refractivity contribution >= 4 is 26.3 Å². The molecule has 0 aromatic heterocycles. The second-order valence-corrected chi connectivity index (χ2v) is 2.59. The maximum atomic E-state index is 10.3. The van der Waals surface area contributed by atoms with E-state index < -0.39 is 8.68 Å². The van der Waals surface area contributed by atoms with E-state index in [0.717, 1.165) is 0 Å². The topological polar surface area (TPSA) is 17.1 Å². The van der Waals surface area contributed by atoms with E-state index in [9.17, 15) is 4.46 Å². The van der Waals surface area contributed by atoms with Gasteiger partial charge in [-0.05, 0) is 11.4 Å². The first-order chi connectivity index (χ1) is 2.89. The Bertz CT molecular complexity index is 114. The first-order valence-corrected chi connectivity index (χ1v) is 3.34. The Hall–Kier alpha value is 0.0397. The van der Waals surface area contributed by atoms with Gasteiger partial charge in [0, 0.05) is 17.6 Å². The van der Waals surface area contributed by atoms with Crippen molar-refractivity contribution in [2.45, 2.75) is 0 Å². The molecule has 0 bridgehead atoms. The van der Waals surface area contributed by atoms with Crippen molar-refractivity contribution in [3.63, 3.8) is 0 Å². The minimum Gasteiger partial charge on any atom is -0.378 e. The molecule has 3 heteroatoms. The molecule has 0 aromatic rings. The molecule has 0 saturated heterocycles. The summed E-state index contributed by atoms with van der Waals surface area (Å²) in [4.78, 5) is 0. The number of hydrogen-bond donors (Lipinski definition) is 0. The van der Waals surface area contributed by atoms with Gasteiger partial charge in [0.2, 0.25) is 0 Å². The van der Waals surface area contributed by atoms with Crippen molar-refractivity contribution in [3.05, 3.63) is 23.6 Å². The summed E-state index contributed by atoms with van der Waals surface area (Å²) in [7, 11) is -1.37. The van der Waals surface area contributed by atoms with E-state index in [0.29, 0.717) is 0 Å². The van der Waals surface area contributed by atoms with Gasteiger partial charge in [-0.1, -0.05) is 12.2 Å². The summed E-state index contributed by atoms with van der Waals surface area (Å²) < 4.78 is 10.3. The molecule has 0 aromatic carbocycles. The van der Waals surface area contributed by atoms with Gasteiger partial charge in [0.05, 0.1) is 0 Å². The third-order valence-electron chi connectivity index (χ3n) is 0.632. The van der Waals surface area contributed by atoms with E-state index in [-0.39, 0.29) is 17.6 Å². The Morgan fingerprint density at radius 2 is 1.57 bits per heavy atom. The van der Waals surface area contributed by atoms with Crippen LogP contribution in [0.15, 0.2) is 23.6 Å². The SMILES string of the molecule is O=[Si]1C=CC=C1.[Ge]. The van der Waals surface area contributed by atoms with Crippen LogP contribution in [-0.4, -0.2) is 26.3 Å². The molecule has 1 nitrogen and oxygen atoms in total. The third-order valence-corrected chi connectivity index (χ3v) is 1.67. The summed E-state index contributed by atoms with van der Waals surface area (Å²) in [5.74, 6) is 0. The zero-order valence-electron chi connectivity index (χ0n) is 3.72. The Labute approximate surface area is 54.8 Å². The molecule has 34 valence electrons. The Morgan fingerprint density at radius 1 is 1.14 bits per heavy atom. The van der Waals surface area contributed by atoms with Crippen molar-refractivity contribution in [2.24, 2.45) is 0 Å². The molecular weight excluding hydrogens is 165 g/mol. The van der Waals surface area contributed by atoms with Gasteiger partial charge in [-0.2, -0.15) is 0 Å². The summed E-state index contributed by atoms with van der Waals surface area (Å²) in [6, 6.07) is 0. The fraction of sp³-hybridized carbons (Fsp3) is 0. The van der Waals surface area contributed by atoms with Gasteiger partial charge in [0.15, 0.2) is 0 Å². The van der Waals surface area contributed by atoms with Crippen LogP contribution in [0.5, 0.6) is 0 Å². The molecule has 1 rings (SSSR count). The smallest absolute Gasteiger partial charge is 0.331 e. The van der Waals surface area contributed by atoms with E-state index in [1.165, 1.54) is 0 Å². The molecular formula is C4H4GeOSi. The van der Waals surface area contributed by atoms with E-state index in [1.807, 2.05) is 0 Å². The van der Waals surface area contributed by atoms with Crippen LogP contribution in [0.4, 0.5) is 0 Å². The van der Waals surface area contributed by atoms with Gasteiger partial charge in [-0.25, -0.2) is 0 Å². The van der Waals surface area contributed by atoms with E-state index in [4.69, 9.17) is 0 Å². The Kier molecular flexibility index (Phi) is 3.11. The van der Waals surface area contributed by atoms with Crippen LogP contribution in [0.3, 0.4) is 0 Å². The van der Waals surface area contributed by atoms with Gasteiger partial charge in [-0.15, -0.1) is 0 Å². The summed E-state index contributed by atoms with van der Waals surface area (Å²) in [6.07, 6.45) is 3.61. The van der Waals surface area contributed by atoms with Crippen LogP contribution < -0.4 is 0 Å². The van der Waals surface area contributed by atoms with E-state index in [1.54, 1.807) is 23.6 Å². The van der Waals surface area contributed by atoms with Crippen molar-refractivity contribution in [3.8, 4) is 0 Å². The molecule has 1 aliphatic rings. The molecule has 0 fully saturated rings. The minimum absolute atomic E-state index is 0. The molecule has 0 amide bonds. The number of rotatable bonds is 0. The zero-order chi connectivity index (χ0) is 4.41. The molecule has 0 unspecified atom stereocenters. The largest absolute Gasteiger partial charge is 0.378 e. The average Bonchev–Trinajstić information content (AvgIpc) is 1.86. The van der Waals surface area contributed by atoms with Crippen LogP contribution in [0.25, 0.3) is 0 Å². The van der Waals surface area contributed by atoms with Gasteiger partial charge in [-0.3, -0.25) is 0 Å². The normalized spacial score (nSPS) is 14.6. The minimum atomic E-state index is -1.37. The maximum absolute atomic E-state index is 10.3. The Balaban J connectivity index is 0.000000360. The standard InChI is InChI=1S/C4H4OSi.Ge/c5-6-3-1-2-4-6;/h1-4H;. The summed E-state index contributed by atoms with van der Waals surface area (Å²) >= 11 is 0. The first kappa shape index (κ1) is 7.04. The molecule has 1 heterocycles. The summed E-state index contributed by atoms with van der Waals surface area (Å²) in [5.41, 5.74) is 3.43. The Morgan fingerprint density at radius 3 is 1.71 bits per heavy atom. The third kappa shape index (κ3) is 1.99. The van der Waals surface area contributed by atoms with E-state index in [2.05, 4.69) is 0 Å². The number of hydrogen-bond acceptors (Lipinski definition) is 1.